The first kappa shape index (κ1) is 13.8. The van der Waals surface area contributed by atoms with Gasteiger partial charge >= 0.3 is 5.76 Å². The Balaban J connectivity index is 2.05. The number of hydrogen-bond donors (Lipinski definition) is 0. The van der Waals surface area contributed by atoms with Crippen molar-refractivity contribution in [3.63, 3.8) is 0 Å². The minimum atomic E-state index is -0.632. The Kier molecular flexibility index (Phi) is 3.54. The van der Waals surface area contributed by atoms with E-state index in [2.05, 4.69) is 11.2 Å². The Hall–Kier alpha value is -3.20. The predicted octanol–water partition coefficient (Wildman–Crippen LogP) is 2.56. The molecule has 0 N–H and O–H groups in total. The summed E-state index contributed by atoms with van der Waals surface area (Å²) in [6.07, 6.45) is 0. The van der Waals surface area contributed by atoms with Gasteiger partial charge in [0.1, 0.15) is 5.82 Å². The van der Waals surface area contributed by atoms with Crippen molar-refractivity contribution in [2.45, 2.75) is 6.54 Å². The Labute approximate surface area is 124 Å². The van der Waals surface area contributed by atoms with Crippen molar-refractivity contribution in [2.75, 3.05) is 0 Å². The van der Waals surface area contributed by atoms with E-state index < -0.39 is 5.76 Å². The van der Waals surface area contributed by atoms with Crippen molar-refractivity contribution in [1.82, 2.24) is 9.72 Å². The molecule has 0 amide bonds. The normalized spacial score (nSPS) is 10.4. The van der Waals surface area contributed by atoms with Gasteiger partial charge in [0.05, 0.1) is 18.2 Å². The number of benzene rings is 2. The fourth-order valence-corrected chi connectivity index (χ4v) is 2.15. The highest BCUT2D eigenvalue weighted by molar-refractivity contribution is 5.54. The second-order valence-electron chi connectivity index (χ2n) is 4.63. The van der Waals surface area contributed by atoms with Gasteiger partial charge in [-0.1, -0.05) is 23.4 Å². The van der Waals surface area contributed by atoms with E-state index in [1.807, 2.05) is 0 Å². The minimum Gasteiger partial charge on any atom is -0.295 e. The molecule has 0 saturated heterocycles. The maximum Gasteiger partial charge on any atom is 0.442 e. The fraction of sp³-hybridized carbons (Fsp3) is 0.0625. The molecule has 2 aromatic carbocycles. The molecule has 1 heterocycles. The zero-order valence-corrected chi connectivity index (χ0v) is 11.4. The number of hydrogen-bond acceptors (Lipinski definition) is 4. The summed E-state index contributed by atoms with van der Waals surface area (Å²) < 4.78 is 19.0. The van der Waals surface area contributed by atoms with Crippen LogP contribution in [-0.2, 0) is 6.54 Å². The van der Waals surface area contributed by atoms with Crippen LogP contribution in [0.4, 0.5) is 4.39 Å². The molecule has 0 aliphatic carbocycles. The lowest BCUT2D eigenvalue weighted by atomic mass is 10.1. The van der Waals surface area contributed by atoms with Crippen LogP contribution >= 0.6 is 0 Å². The van der Waals surface area contributed by atoms with Gasteiger partial charge in [-0.2, -0.15) is 5.26 Å². The largest absolute Gasteiger partial charge is 0.442 e. The number of nitriles is 1. The summed E-state index contributed by atoms with van der Waals surface area (Å²) in [7, 11) is 0. The predicted molar refractivity (Wildman–Crippen MR) is 76.4 cm³/mol. The Bertz CT molecular complexity index is 904. The van der Waals surface area contributed by atoms with Crippen molar-refractivity contribution >= 4 is 0 Å². The molecule has 0 spiro atoms. The number of aromatic nitrogens is 2. The average molecular weight is 295 g/mol. The van der Waals surface area contributed by atoms with Crippen LogP contribution in [0.3, 0.4) is 0 Å². The van der Waals surface area contributed by atoms with Gasteiger partial charge in [-0.25, -0.2) is 9.18 Å². The van der Waals surface area contributed by atoms with Crippen LogP contribution in [0.15, 0.2) is 57.8 Å². The fourth-order valence-electron chi connectivity index (χ4n) is 2.15. The van der Waals surface area contributed by atoms with E-state index in [9.17, 15) is 9.18 Å². The van der Waals surface area contributed by atoms with Gasteiger partial charge in [0.15, 0.2) is 5.82 Å². The summed E-state index contributed by atoms with van der Waals surface area (Å²) >= 11 is 0. The highest BCUT2D eigenvalue weighted by Crippen LogP contribution is 2.18. The van der Waals surface area contributed by atoms with Crippen LogP contribution in [-0.4, -0.2) is 9.72 Å². The lowest BCUT2D eigenvalue weighted by Crippen LogP contribution is -2.17. The number of rotatable bonds is 3. The molecule has 5 nitrogen and oxygen atoms in total. The minimum absolute atomic E-state index is 0.152. The second-order valence-corrected chi connectivity index (χ2v) is 4.63. The Morgan fingerprint density at radius 3 is 2.64 bits per heavy atom. The Morgan fingerprint density at radius 2 is 1.91 bits per heavy atom. The molecule has 22 heavy (non-hydrogen) atoms. The van der Waals surface area contributed by atoms with Gasteiger partial charge in [-0.05, 0) is 35.9 Å². The van der Waals surface area contributed by atoms with Gasteiger partial charge in [0, 0.05) is 5.56 Å². The summed E-state index contributed by atoms with van der Waals surface area (Å²) in [5.41, 5.74) is 1.71. The first-order valence-corrected chi connectivity index (χ1v) is 6.49. The quantitative estimate of drug-likeness (QED) is 0.744. The maximum atomic E-state index is 13.0. The SMILES string of the molecule is N#Cc1ccccc1Cn1c(-c2ccc(F)cc2)noc1=O. The molecular weight excluding hydrogens is 285 g/mol. The molecule has 0 aliphatic rings. The molecule has 3 aromatic rings. The van der Waals surface area contributed by atoms with Crippen molar-refractivity contribution in [1.29, 1.82) is 5.26 Å². The van der Waals surface area contributed by atoms with Crippen molar-refractivity contribution in [2.24, 2.45) is 0 Å². The molecule has 6 heteroatoms. The zero-order valence-electron chi connectivity index (χ0n) is 11.4. The van der Waals surface area contributed by atoms with Gasteiger partial charge in [-0.15, -0.1) is 0 Å². The van der Waals surface area contributed by atoms with E-state index in [1.165, 1.54) is 28.8 Å². The molecule has 0 unspecified atom stereocenters. The molecule has 0 bridgehead atoms. The van der Waals surface area contributed by atoms with E-state index in [0.717, 1.165) is 0 Å². The average Bonchev–Trinajstić information content (AvgIpc) is 2.90. The lowest BCUT2D eigenvalue weighted by Gasteiger charge is -2.06. The monoisotopic (exact) mass is 295 g/mol. The Morgan fingerprint density at radius 1 is 1.18 bits per heavy atom. The van der Waals surface area contributed by atoms with E-state index in [-0.39, 0.29) is 18.2 Å². The standard InChI is InChI=1S/C16H10FN3O2/c17-14-7-5-11(6-8-14)15-19-22-16(21)20(15)10-13-4-2-1-3-12(13)9-18/h1-8H,10H2. The topological polar surface area (TPSA) is 71.8 Å². The van der Waals surface area contributed by atoms with Crippen LogP contribution in [0.1, 0.15) is 11.1 Å². The molecule has 1 aromatic heterocycles. The molecule has 108 valence electrons. The van der Waals surface area contributed by atoms with Crippen LogP contribution in [0.5, 0.6) is 0 Å². The van der Waals surface area contributed by atoms with E-state index >= 15 is 0 Å². The third kappa shape index (κ3) is 2.52. The molecule has 3 rings (SSSR count). The smallest absolute Gasteiger partial charge is 0.295 e. The first-order chi connectivity index (χ1) is 10.7. The van der Waals surface area contributed by atoms with Crippen molar-refractivity contribution < 1.29 is 8.91 Å². The molecule has 0 saturated carbocycles. The molecular formula is C16H10FN3O2. The van der Waals surface area contributed by atoms with Gasteiger partial charge in [-0.3, -0.25) is 9.09 Å². The lowest BCUT2D eigenvalue weighted by molar-refractivity contribution is 0.378. The van der Waals surface area contributed by atoms with Crippen LogP contribution in [0, 0.1) is 17.1 Å². The summed E-state index contributed by atoms with van der Waals surface area (Å²) in [4.78, 5) is 11.9. The first-order valence-electron chi connectivity index (χ1n) is 6.49. The second kappa shape index (κ2) is 5.66. The van der Waals surface area contributed by atoms with Crippen molar-refractivity contribution in [3.05, 3.63) is 76.0 Å². The third-order valence-corrected chi connectivity index (χ3v) is 3.25. The summed E-state index contributed by atoms with van der Waals surface area (Å²) in [6.45, 7) is 0.152. The van der Waals surface area contributed by atoms with E-state index in [1.54, 1.807) is 24.3 Å². The zero-order chi connectivity index (χ0) is 15.5. The van der Waals surface area contributed by atoms with Gasteiger partial charge < -0.3 is 0 Å². The summed E-state index contributed by atoms with van der Waals surface area (Å²) in [5, 5.41) is 12.9. The summed E-state index contributed by atoms with van der Waals surface area (Å²) in [5.74, 6) is -0.722. The van der Waals surface area contributed by atoms with Crippen LogP contribution in [0.2, 0.25) is 0 Å². The van der Waals surface area contributed by atoms with Crippen LogP contribution < -0.4 is 5.76 Å². The highest BCUT2D eigenvalue weighted by Gasteiger charge is 2.14. The molecule has 0 aliphatic heterocycles. The van der Waals surface area contributed by atoms with E-state index in [4.69, 9.17) is 9.78 Å². The molecule has 0 atom stereocenters. The molecule has 0 fully saturated rings. The molecule has 0 radical (unpaired) electrons. The number of nitrogens with zero attached hydrogens (tertiary/aromatic N) is 3. The van der Waals surface area contributed by atoms with Gasteiger partial charge in [0.2, 0.25) is 0 Å². The third-order valence-electron chi connectivity index (χ3n) is 3.25. The van der Waals surface area contributed by atoms with Crippen molar-refractivity contribution in [3.8, 4) is 17.5 Å². The van der Waals surface area contributed by atoms with E-state index in [0.29, 0.717) is 16.7 Å². The summed E-state index contributed by atoms with van der Waals surface area (Å²) in [6, 6.07) is 14.6. The maximum absolute atomic E-state index is 13.0. The van der Waals surface area contributed by atoms with Crippen LogP contribution in [0.25, 0.3) is 11.4 Å². The highest BCUT2D eigenvalue weighted by atomic mass is 19.1. The van der Waals surface area contributed by atoms with Gasteiger partial charge in [0.25, 0.3) is 0 Å². The number of halogens is 1.